The summed E-state index contributed by atoms with van der Waals surface area (Å²) in [5.41, 5.74) is 2.36. The summed E-state index contributed by atoms with van der Waals surface area (Å²) in [6, 6.07) is 8.73. The van der Waals surface area contributed by atoms with Crippen molar-refractivity contribution in [2.24, 2.45) is 0 Å². The maximum absolute atomic E-state index is 12.0. The van der Waals surface area contributed by atoms with Gasteiger partial charge in [0.1, 0.15) is 0 Å². The van der Waals surface area contributed by atoms with E-state index in [0.717, 1.165) is 18.7 Å². The number of para-hydroxylation sites is 1. The van der Waals surface area contributed by atoms with E-state index in [4.69, 9.17) is 0 Å². The topological polar surface area (TPSA) is 32.3 Å². The number of hydrogen-bond donors (Lipinski definition) is 1. The Kier molecular flexibility index (Phi) is 4.02. The van der Waals surface area contributed by atoms with Crippen LogP contribution in [0.4, 0.5) is 5.69 Å². The second-order valence-electron chi connectivity index (χ2n) is 5.31. The number of hydrogen-bond acceptors (Lipinski definition) is 2. The van der Waals surface area contributed by atoms with Crippen LogP contribution in [0.25, 0.3) is 0 Å². The van der Waals surface area contributed by atoms with E-state index in [1.165, 1.54) is 5.56 Å². The number of amides is 1. The Hall–Kier alpha value is -1.35. The van der Waals surface area contributed by atoms with Crippen molar-refractivity contribution in [1.82, 2.24) is 5.32 Å². The third-order valence-electron chi connectivity index (χ3n) is 3.59. The molecule has 1 unspecified atom stereocenters. The molecule has 0 aromatic heterocycles. The van der Waals surface area contributed by atoms with Gasteiger partial charge in [0.2, 0.25) is 5.91 Å². The number of nitrogens with zero attached hydrogens (tertiary/aromatic N) is 1. The first-order chi connectivity index (χ1) is 8.59. The maximum Gasteiger partial charge on any atom is 0.226 e. The zero-order valence-electron chi connectivity index (χ0n) is 11.4. The lowest BCUT2D eigenvalue weighted by Gasteiger charge is -2.21. The standard InChI is InChI=1S/C15H22N2O/c1-11(2)16-10-12-8-9-15(18)17(3)14-7-5-4-6-13(12)14/h4-7,11-12,16H,8-10H2,1-3H3. The summed E-state index contributed by atoms with van der Waals surface area (Å²) in [7, 11) is 1.87. The van der Waals surface area contributed by atoms with E-state index in [1.807, 2.05) is 19.2 Å². The van der Waals surface area contributed by atoms with E-state index in [2.05, 4.69) is 31.3 Å². The molecule has 0 bridgehead atoms. The molecule has 2 rings (SSSR count). The Morgan fingerprint density at radius 3 is 2.83 bits per heavy atom. The molecule has 0 fully saturated rings. The summed E-state index contributed by atoms with van der Waals surface area (Å²) >= 11 is 0. The molecule has 3 heteroatoms. The minimum absolute atomic E-state index is 0.217. The van der Waals surface area contributed by atoms with E-state index < -0.39 is 0 Å². The smallest absolute Gasteiger partial charge is 0.226 e. The lowest BCUT2D eigenvalue weighted by Crippen LogP contribution is -2.28. The highest BCUT2D eigenvalue weighted by Crippen LogP contribution is 2.33. The van der Waals surface area contributed by atoms with Crippen LogP contribution in [0.2, 0.25) is 0 Å². The van der Waals surface area contributed by atoms with Crippen molar-refractivity contribution in [3.63, 3.8) is 0 Å². The molecule has 0 saturated heterocycles. The van der Waals surface area contributed by atoms with Gasteiger partial charge in [-0.1, -0.05) is 32.0 Å². The van der Waals surface area contributed by atoms with E-state index in [0.29, 0.717) is 18.4 Å². The van der Waals surface area contributed by atoms with Crippen LogP contribution >= 0.6 is 0 Å². The molecule has 1 aliphatic rings. The van der Waals surface area contributed by atoms with Gasteiger partial charge in [0.15, 0.2) is 0 Å². The molecule has 0 spiro atoms. The molecular formula is C15H22N2O. The average Bonchev–Trinajstić information content (AvgIpc) is 2.48. The van der Waals surface area contributed by atoms with Gasteiger partial charge in [-0.05, 0) is 24.0 Å². The van der Waals surface area contributed by atoms with Gasteiger partial charge >= 0.3 is 0 Å². The summed E-state index contributed by atoms with van der Waals surface area (Å²) in [5.74, 6) is 0.645. The monoisotopic (exact) mass is 246 g/mol. The van der Waals surface area contributed by atoms with E-state index in [1.54, 1.807) is 4.90 Å². The first kappa shape index (κ1) is 13.1. The molecule has 18 heavy (non-hydrogen) atoms. The van der Waals surface area contributed by atoms with Gasteiger partial charge in [-0.2, -0.15) is 0 Å². The zero-order valence-corrected chi connectivity index (χ0v) is 11.4. The highest BCUT2D eigenvalue weighted by atomic mass is 16.2. The minimum atomic E-state index is 0.217. The second kappa shape index (κ2) is 5.53. The number of anilines is 1. The van der Waals surface area contributed by atoms with Gasteiger partial charge in [0.05, 0.1) is 0 Å². The lowest BCUT2D eigenvalue weighted by molar-refractivity contribution is -0.118. The number of benzene rings is 1. The summed E-state index contributed by atoms with van der Waals surface area (Å²) in [6.07, 6.45) is 1.57. The Morgan fingerprint density at radius 1 is 1.39 bits per heavy atom. The molecule has 1 heterocycles. The highest BCUT2D eigenvalue weighted by Gasteiger charge is 2.25. The van der Waals surface area contributed by atoms with Crippen LogP contribution in [0.15, 0.2) is 24.3 Å². The third kappa shape index (κ3) is 2.72. The van der Waals surface area contributed by atoms with Gasteiger partial charge in [0.25, 0.3) is 0 Å². The van der Waals surface area contributed by atoms with Crippen LogP contribution < -0.4 is 10.2 Å². The van der Waals surface area contributed by atoms with Crippen molar-refractivity contribution in [3.05, 3.63) is 29.8 Å². The molecule has 1 aromatic rings. The summed E-state index contributed by atoms with van der Waals surface area (Å²) in [4.78, 5) is 13.8. The van der Waals surface area contributed by atoms with Crippen molar-refractivity contribution in [2.75, 3.05) is 18.5 Å². The molecule has 1 aromatic carbocycles. The van der Waals surface area contributed by atoms with Crippen molar-refractivity contribution >= 4 is 11.6 Å². The Morgan fingerprint density at radius 2 is 2.11 bits per heavy atom. The highest BCUT2D eigenvalue weighted by molar-refractivity contribution is 5.94. The Labute approximate surface area is 109 Å². The molecule has 0 saturated carbocycles. The quantitative estimate of drug-likeness (QED) is 0.889. The van der Waals surface area contributed by atoms with Crippen LogP contribution in [-0.4, -0.2) is 25.5 Å². The molecule has 1 amide bonds. The first-order valence-electron chi connectivity index (χ1n) is 6.68. The predicted octanol–water partition coefficient (Wildman–Crippen LogP) is 2.52. The largest absolute Gasteiger partial charge is 0.315 e. The fourth-order valence-electron chi connectivity index (χ4n) is 2.48. The minimum Gasteiger partial charge on any atom is -0.315 e. The first-order valence-corrected chi connectivity index (χ1v) is 6.68. The van der Waals surface area contributed by atoms with Crippen molar-refractivity contribution in [3.8, 4) is 0 Å². The fraction of sp³-hybridized carbons (Fsp3) is 0.533. The van der Waals surface area contributed by atoms with Crippen molar-refractivity contribution < 1.29 is 4.79 Å². The van der Waals surface area contributed by atoms with Crippen LogP contribution in [0.1, 0.15) is 38.2 Å². The number of nitrogens with one attached hydrogen (secondary N) is 1. The number of carbonyl (C=O) groups excluding carboxylic acids is 1. The molecule has 1 atom stereocenters. The predicted molar refractivity (Wildman–Crippen MR) is 75.0 cm³/mol. The maximum atomic E-state index is 12.0. The number of rotatable bonds is 3. The van der Waals surface area contributed by atoms with Crippen LogP contribution in [0, 0.1) is 0 Å². The summed E-state index contributed by atoms with van der Waals surface area (Å²) < 4.78 is 0. The van der Waals surface area contributed by atoms with Crippen LogP contribution in [-0.2, 0) is 4.79 Å². The molecule has 1 aliphatic heterocycles. The Bertz CT molecular complexity index is 428. The SMILES string of the molecule is CC(C)NCC1CCC(=O)N(C)c2ccccc21. The van der Waals surface area contributed by atoms with E-state index in [-0.39, 0.29) is 5.91 Å². The molecule has 98 valence electrons. The van der Waals surface area contributed by atoms with E-state index >= 15 is 0 Å². The van der Waals surface area contributed by atoms with Gasteiger partial charge in [0, 0.05) is 31.7 Å². The molecular weight excluding hydrogens is 224 g/mol. The van der Waals surface area contributed by atoms with Crippen LogP contribution in [0.3, 0.4) is 0 Å². The molecule has 0 radical (unpaired) electrons. The number of fused-ring (bicyclic) bond motifs is 1. The van der Waals surface area contributed by atoms with Crippen molar-refractivity contribution in [1.29, 1.82) is 0 Å². The summed E-state index contributed by atoms with van der Waals surface area (Å²) in [5, 5.41) is 3.48. The molecule has 0 aliphatic carbocycles. The van der Waals surface area contributed by atoms with E-state index in [9.17, 15) is 4.79 Å². The van der Waals surface area contributed by atoms with Crippen molar-refractivity contribution in [2.45, 2.75) is 38.6 Å². The van der Waals surface area contributed by atoms with Crippen LogP contribution in [0.5, 0.6) is 0 Å². The van der Waals surface area contributed by atoms with Gasteiger partial charge in [-0.15, -0.1) is 0 Å². The normalized spacial score (nSPS) is 19.9. The molecule has 1 N–H and O–H groups in total. The third-order valence-corrected chi connectivity index (χ3v) is 3.59. The second-order valence-corrected chi connectivity index (χ2v) is 5.31. The zero-order chi connectivity index (χ0) is 13.1. The Balaban J connectivity index is 2.27. The fourth-order valence-corrected chi connectivity index (χ4v) is 2.48. The van der Waals surface area contributed by atoms with Gasteiger partial charge in [-0.3, -0.25) is 4.79 Å². The average molecular weight is 246 g/mol. The summed E-state index contributed by atoms with van der Waals surface area (Å²) in [6.45, 7) is 5.25. The van der Waals surface area contributed by atoms with Gasteiger partial charge in [-0.25, -0.2) is 0 Å². The van der Waals surface area contributed by atoms with Gasteiger partial charge < -0.3 is 10.2 Å². The number of carbonyl (C=O) groups is 1. The lowest BCUT2D eigenvalue weighted by atomic mass is 9.94. The molecule has 3 nitrogen and oxygen atoms in total.